The molecule has 1 heterocycles. The Morgan fingerprint density at radius 1 is 1.38 bits per heavy atom. The fourth-order valence-electron chi connectivity index (χ4n) is 1.91. The molecule has 0 aliphatic carbocycles. The lowest BCUT2D eigenvalue weighted by Crippen LogP contribution is -2.34. The lowest BCUT2D eigenvalue weighted by atomic mass is 10.2. The Morgan fingerprint density at radius 3 is 2.62 bits per heavy atom. The third-order valence-electron chi connectivity index (χ3n) is 3.07. The lowest BCUT2D eigenvalue weighted by Gasteiger charge is -2.16. The molecule has 0 spiro atoms. The number of para-hydroxylation sites is 1. The standard InChI is InChI=1S/C14H15Cl2NO4/c1-8(21-14(19)11-6-3-7-20-11)13(18)17-12-9(15)4-2-5-10(12)16/h2,4-5,8,11H,3,6-7H2,1H3,(H,17,18)/t8-,11+/m0/s1. The van der Waals surface area contributed by atoms with Gasteiger partial charge in [-0.2, -0.15) is 0 Å². The summed E-state index contributed by atoms with van der Waals surface area (Å²) in [5, 5.41) is 3.18. The van der Waals surface area contributed by atoms with E-state index >= 15 is 0 Å². The van der Waals surface area contributed by atoms with Crippen LogP contribution in [0.1, 0.15) is 19.8 Å². The van der Waals surface area contributed by atoms with E-state index in [-0.39, 0.29) is 0 Å². The van der Waals surface area contributed by atoms with Crippen LogP contribution >= 0.6 is 23.2 Å². The maximum Gasteiger partial charge on any atom is 0.336 e. The van der Waals surface area contributed by atoms with E-state index < -0.39 is 24.1 Å². The molecule has 1 aromatic carbocycles. The number of anilines is 1. The summed E-state index contributed by atoms with van der Waals surface area (Å²) in [4.78, 5) is 23.8. The molecule has 2 rings (SSSR count). The molecule has 21 heavy (non-hydrogen) atoms. The van der Waals surface area contributed by atoms with E-state index in [4.69, 9.17) is 32.7 Å². The van der Waals surface area contributed by atoms with Gasteiger partial charge in [-0.25, -0.2) is 4.79 Å². The van der Waals surface area contributed by atoms with Crippen LogP contribution in [-0.4, -0.2) is 30.7 Å². The van der Waals surface area contributed by atoms with Crippen LogP contribution in [0.4, 0.5) is 5.69 Å². The number of esters is 1. The number of carbonyl (C=O) groups is 2. The third-order valence-corrected chi connectivity index (χ3v) is 3.70. The molecule has 5 nitrogen and oxygen atoms in total. The van der Waals surface area contributed by atoms with Crippen LogP contribution in [0.15, 0.2) is 18.2 Å². The molecule has 1 aliphatic rings. The van der Waals surface area contributed by atoms with Gasteiger partial charge in [0.25, 0.3) is 5.91 Å². The van der Waals surface area contributed by atoms with Crippen LogP contribution in [0.3, 0.4) is 0 Å². The molecule has 114 valence electrons. The van der Waals surface area contributed by atoms with Gasteiger partial charge in [0.15, 0.2) is 12.2 Å². The molecule has 0 radical (unpaired) electrons. The van der Waals surface area contributed by atoms with E-state index in [9.17, 15) is 9.59 Å². The topological polar surface area (TPSA) is 64.6 Å². The first-order valence-electron chi connectivity index (χ1n) is 6.56. The predicted molar refractivity (Wildman–Crippen MR) is 79.6 cm³/mol. The van der Waals surface area contributed by atoms with Gasteiger partial charge in [0.2, 0.25) is 0 Å². The summed E-state index contributed by atoms with van der Waals surface area (Å²) in [5.41, 5.74) is 0.297. The molecule has 1 fully saturated rings. The first-order chi connectivity index (χ1) is 9.99. The predicted octanol–water partition coefficient (Wildman–Crippen LogP) is 3.04. The highest BCUT2D eigenvalue weighted by Gasteiger charge is 2.28. The molecule has 7 heteroatoms. The lowest BCUT2D eigenvalue weighted by molar-refractivity contribution is -0.162. The molecule has 1 N–H and O–H groups in total. The minimum Gasteiger partial charge on any atom is -0.451 e. The van der Waals surface area contributed by atoms with Gasteiger partial charge in [0, 0.05) is 6.61 Å². The van der Waals surface area contributed by atoms with E-state index in [0.29, 0.717) is 28.8 Å². The van der Waals surface area contributed by atoms with Gasteiger partial charge in [0.1, 0.15) is 0 Å². The van der Waals surface area contributed by atoms with Crippen molar-refractivity contribution in [3.63, 3.8) is 0 Å². The zero-order valence-corrected chi connectivity index (χ0v) is 12.9. The summed E-state index contributed by atoms with van der Waals surface area (Å²) >= 11 is 11.9. The summed E-state index contributed by atoms with van der Waals surface area (Å²) in [6, 6.07) is 4.87. The number of ether oxygens (including phenoxy) is 2. The Kier molecular flexibility index (Phi) is 5.45. The zero-order chi connectivity index (χ0) is 15.4. The van der Waals surface area contributed by atoms with E-state index in [0.717, 1.165) is 6.42 Å². The Morgan fingerprint density at radius 2 is 2.05 bits per heavy atom. The SMILES string of the molecule is C[C@H](OC(=O)[C@H]1CCCO1)C(=O)Nc1c(Cl)cccc1Cl. The molecule has 1 amide bonds. The molecule has 1 aliphatic heterocycles. The highest BCUT2D eigenvalue weighted by atomic mass is 35.5. The summed E-state index contributed by atoms with van der Waals surface area (Å²) in [5.74, 6) is -1.03. The number of hydrogen-bond acceptors (Lipinski definition) is 4. The van der Waals surface area contributed by atoms with Gasteiger partial charge in [-0.3, -0.25) is 4.79 Å². The van der Waals surface area contributed by atoms with Gasteiger partial charge in [-0.05, 0) is 31.9 Å². The largest absolute Gasteiger partial charge is 0.451 e. The Labute approximate surface area is 132 Å². The number of carbonyl (C=O) groups excluding carboxylic acids is 2. The van der Waals surface area contributed by atoms with Crippen LogP contribution in [-0.2, 0) is 19.1 Å². The van der Waals surface area contributed by atoms with E-state index in [2.05, 4.69) is 5.32 Å². The normalized spacial score (nSPS) is 19.1. The van der Waals surface area contributed by atoms with Crippen LogP contribution < -0.4 is 5.32 Å². The second-order valence-corrected chi connectivity index (χ2v) is 5.48. The van der Waals surface area contributed by atoms with Gasteiger partial charge in [-0.1, -0.05) is 29.3 Å². The summed E-state index contributed by atoms with van der Waals surface area (Å²) < 4.78 is 10.3. The Hall–Kier alpha value is -1.30. The molecule has 2 atom stereocenters. The zero-order valence-electron chi connectivity index (χ0n) is 11.4. The van der Waals surface area contributed by atoms with Crippen LogP contribution in [0, 0.1) is 0 Å². The number of rotatable bonds is 4. The van der Waals surface area contributed by atoms with Crippen LogP contribution in [0.2, 0.25) is 10.0 Å². The van der Waals surface area contributed by atoms with Crippen molar-refractivity contribution in [3.8, 4) is 0 Å². The quantitative estimate of drug-likeness (QED) is 0.861. The van der Waals surface area contributed by atoms with Gasteiger partial charge in [-0.15, -0.1) is 0 Å². The minimum absolute atomic E-state index is 0.297. The van der Waals surface area contributed by atoms with Crippen molar-refractivity contribution < 1.29 is 19.1 Å². The smallest absolute Gasteiger partial charge is 0.336 e. The summed E-state index contributed by atoms with van der Waals surface area (Å²) in [7, 11) is 0. The van der Waals surface area contributed by atoms with Gasteiger partial charge >= 0.3 is 5.97 Å². The minimum atomic E-state index is -0.964. The third kappa shape index (κ3) is 4.09. The van der Waals surface area contributed by atoms with Crippen molar-refractivity contribution in [3.05, 3.63) is 28.2 Å². The van der Waals surface area contributed by atoms with Crippen molar-refractivity contribution in [2.75, 3.05) is 11.9 Å². The number of nitrogens with one attached hydrogen (secondary N) is 1. The van der Waals surface area contributed by atoms with Gasteiger partial charge < -0.3 is 14.8 Å². The number of hydrogen-bond donors (Lipinski definition) is 1. The van der Waals surface area contributed by atoms with Crippen molar-refractivity contribution in [2.45, 2.75) is 32.0 Å². The highest BCUT2D eigenvalue weighted by molar-refractivity contribution is 6.39. The van der Waals surface area contributed by atoms with Gasteiger partial charge in [0.05, 0.1) is 15.7 Å². The number of halogens is 2. The molecule has 0 aromatic heterocycles. The van der Waals surface area contributed by atoms with E-state index in [1.54, 1.807) is 18.2 Å². The van der Waals surface area contributed by atoms with Crippen molar-refractivity contribution in [1.29, 1.82) is 0 Å². The number of amides is 1. The van der Waals surface area contributed by atoms with E-state index in [1.165, 1.54) is 6.92 Å². The molecule has 0 unspecified atom stereocenters. The van der Waals surface area contributed by atoms with Crippen molar-refractivity contribution in [1.82, 2.24) is 0 Å². The fraction of sp³-hybridized carbons (Fsp3) is 0.429. The van der Waals surface area contributed by atoms with Crippen molar-refractivity contribution >= 4 is 40.8 Å². The van der Waals surface area contributed by atoms with Crippen LogP contribution in [0.25, 0.3) is 0 Å². The second kappa shape index (κ2) is 7.11. The number of benzene rings is 1. The second-order valence-electron chi connectivity index (χ2n) is 4.67. The molecule has 0 saturated carbocycles. The monoisotopic (exact) mass is 331 g/mol. The molecule has 0 bridgehead atoms. The Balaban J connectivity index is 1.94. The summed E-state index contributed by atoms with van der Waals surface area (Å²) in [6.07, 6.45) is -0.114. The molecular weight excluding hydrogens is 317 g/mol. The molecular formula is C14H15Cl2NO4. The van der Waals surface area contributed by atoms with Crippen LogP contribution in [0.5, 0.6) is 0 Å². The summed E-state index contributed by atoms with van der Waals surface area (Å²) in [6.45, 7) is 2.02. The average molecular weight is 332 g/mol. The maximum absolute atomic E-state index is 12.0. The van der Waals surface area contributed by atoms with Crippen molar-refractivity contribution in [2.24, 2.45) is 0 Å². The maximum atomic E-state index is 12.0. The Bertz CT molecular complexity index is 524. The fourth-order valence-corrected chi connectivity index (χ4v) is 2.40. The molecule has 1 aromatic rings. The first-order valence-corrected chi connectivity index (χ1v) is 7.31. The average Bonchev–Trinajstić information content (AvgIpc) is 2.97. The molecule has 1 saturated heterocycles. The highest BCUT2D eigenvalue weighted by Crippen LogP contribution is 2.30. The first kappa shape index (κ1) is 16.1. The van der Waals surface area contributed by atoms with E-state index in [1.807, 2.05) is 0 Å².